The number of nitrogens with zero attached hydrogens (tertiary/aromatic N) is 1. The zero-order chi connectivity index (χ0) is 15.5. The summed E-state index contributed by atoms with van der Waals surface area (Å²) in [6.07, 6.45) is 0. The highest BCUT2D eigenvalue weighted by atomic mass is 35.5. The summed E-state index contributed by atoms with van der Waals surface area (Å²) < 4.78 is 18.5. The van der Waals surface area contributed by atoms with Gasteiger partial charge in [-0.1, -0.05) is 35.5 Å². The molecule has 0 aliphatic heterocycles. The average Bonchev–Trinajstić information content (AvgIpc) is 2.92. The first-order valence-electron chi connectivity index (χ1n) is 6.35. The van der Waals surface area contributed by atoms with Gasteiger partial charge >= 0.3 is 0 Å². The Morgan fingerprint density at radius 3 is 2.91 bits per heavy atom. The molecule has 0 spiro atoms. The number of amides is 1. The van der Waals surface area contributed by atoms with Crippen LogP contribution in [0.3, 0.4) is 0 Å². The van der Waals surface area contributed by atoms with Gasteiger partial charge in [-0.3, -0.25) is 4.79 Å². The Morgan fingerprint density at radius 2 is 2.14 bits per heavy atom. The fraction of sp³-hybridized carbons (Fsp3) is 0.0667. The van der Waals surface area contributed by atoms with Crippen LogP contribution in [0.5, 0.6) is 0 Å². The molecule has 0 fully saturated rings. The van der Waals surface area contributed by atoms with Crippen LogP contribution in [0.25, 0.3) is 11.1 Å². The minimum atomic E-state index is -0.527. The Hall–Kier alpha value is -2.05. The number of nitrogens with one attached hydrogen (secondary N) is 1. The number of benzene rings is 2. The maximum absolute atomic E-state index is 13.0. The molecule has 4 nitrogen and oxygen atoms in total. The van der Waals surface area contributed by atoms with Crippen LogP contribution < -0.4 is 5.32 Å². The second-order valence-corrected chi connectivity index (χ2v) is 5.75. The number of rotatable bonds is 4. The lowest BCUT2D eigenvalue weighted by atomic mass is 10.3. The van der Waals surface area contributed by atoms with Crippen molar-refractivity contribution >= 4 is 46.1 Å². The molecule has 0 aliphatic carbocycles. The van der Waals surface area contributed by atoms with E-state index in [1.165, 1.54) is 30.0 Å². The molecule has 1 aromatic heterocycles. The molecule has 0 radical (unpaired) electrons. The number of hydrogen-bond donors (Lipinski definition) is 1. The fourth-order valence-electron chi connectivity index (χ4n) is 1.81. The number of para-hydroxylation sites is 2. The average molecular weight is 337 g/mol. The van der Waals surface area contributed by atoms with E-state index in [9.17, 15) is 9.18 Å². The molecule has 2 aromatic carbocycles. The molecule has 3 rings (SSSR count). The van der Waals surface area contributed by atoms with Crippen molar-refractivity contribution in [3.63, 3.8) is 0 Å². The lowest BCUT2D eigenvalue weighted by Gasteiger charge is -2.04. The van der Waals surface area contributed by atoms with Gasteiger partial charge in [0.25, 0.3) is 5.22 Å². The number of aromatic nitrogens is 1. The largest absolute Gasteiger partial charge is 0.431 e. The van der Waals surface area contributed by atoms with Gasteiger partial charge in [-0.25, -0.2) is 9.37 Å². The molecule has 0 atom stereocenters. The summed E-state index contributed by atoms with van der Waals surface area (Å²) in [5.74, 6) is -0.655. The van der Waals surface area contributed by atoms with Crippen LogP contribution in [-0.4, -0.2) is 16.6 Å². The molecule has 112 valence electrons. The molecular formula is C15H10ClFN2O2S. The number of fused-ring (bicyclic) bond motifs is 1. The maximum Gasteiger partial charge on any atom is 0.257 e. The Morgan fingerprint density at radius 1 is 1.32 bits per heavy atom. The Balaban J connectivity index is 1.60. The maximum atomic E-state index is 13.0. The van der Waals surface area contributed by atoms with Crippen molar-refractivity contribution in [2.24, 2.45) is 0 Å². The Bertz CT molecular complexity index is 804. The number of hydrogen-bond acceptors (Lipinski definition) is 4. The molecule has 0 unspecified atom stereocenters. The van der Waals surface area contributed by atoms with Crippen molar-refractivity contribution in [2.45, 2.75) is 5.22 Å². The highest BCUT2D eigenvalue weighted by molar-refractivity contribution is 7.99. The standard InChI is InChI=1S/C15H10ClFN2O2S/c16-10-7-9(5-6-11(10)17)18-14(20)8-22-15-19-12-3-1-2-4-13(12)21-15/h1-7H,8H2,(H,18,20). The van der Waals surface area contributed by atoms with Crippen LogP contribution in [0.15, 0.2) is 52.1 Å². The number of halogens is 2. The number of anilines is 1. The summed E-state index contributed by atoms with van der Waals surface area (Å²) in [5.41, 5.74) is 1.86. The summed E-state index contributed by atoms with van der Waals surface area (Å²) >= 11 is 6.84. The molecule has 22 heavy (non-hydrogen) atoms. The summed E-state index contributed by atoms with van der Waals surface area (Å²) in [6.45, 7) is 0. The van der Waals surface area contributed by atoms with Crippen LogP contribution in [-0.2, 0) is 4.79 Å². The Labute approximate surface area is 134 Å². The molecule has 3 aromatic rings. The third-order valence-electron chi connectivity index (χ3n) is 2.80. The predicted molar refractivity (Wildman–Crippen MR) is 84.8 cm³/mol. The Kier molecular flexibility index (Phi) is 4.31. The van der Waals surface area contributed by atoms with E-state index in [0.29, 0.717) is 16.5 Å². The lowest BCUT2D eigenvalue weighted by molar-refractivity contribution is -0.113. The first-order chi connectivity index (χ1) is 10.6. The summed E-state index contributed by atoms with van der Waals surface area (Å²) in [5, 5.41) is 3.02. The first kappa shape index (κ1) is 14.9. The predicted octanol–water partition coefficient (Wildman–Crippen LogP) is 4.35. The fourth-order valence-corrected chi connectivity index (χ4v) is 2.63. The van der Waals surface area contributed by atoms with E-state index in [4.69, 9.17) is 16.0 Å². The van der Waals surface area contributed by atoms with Crippen molar-refractivity contribution < 1.29 is 13.6 Å². The smallest absolute Gasteiger partial charge is 0.257 e. The molecule has 0 bridgehead atoms. The second-order valence-electron chi connectivity index (χ2n) is 4.41. The molecule has 0 saturated carbocycles. The number of thioether (sulfide) groups is 1. The van der Waals surface area contributed by atoms with Gasteiger partial charge in [0.2, 0.25) is 5.91 Å². The topological polar surface area (TPSA) is 55.1 Å². The number of oxazole rings is 1. The van der Waals surface area contributed by atoms with Gasteiger partial charge in [-0.05, 0) is 30.3 Å². The van der Waals surface area contributed by atoms with Crippen LogP contribution >= 0.6 is 23.4 Å². The van der Waals surface area contributed by atoms with Gasteiger partial charge in [0.1, 0.15) is 11.3 Å². The first-order valence-corrected chi connectivity index (χ1v) is 7.71. The molecule has 1 amide bonds. The zero-order valence-electron chi connectivity index (χ0n) is 11.2. The molecule has 0 aliphatic rings. The van der Waals surface area contributed by atoms with Gasteiger partial charge in [-0.2, -0.15) is 0 Å². The van der Waals surface area contributed by atoms with Gasteiger partial charge in [0, 0.05) is 5.69 Å². The quantitative estimate of drug-likeness (QED) is 0.720. The van der Waals surface area contributed by atoms with E-state index in [1.54, 1.807) is 0 Å². The van der Waals surface area contributed by atoms with E-state index < -0.39 is 5.82 Å². The summed E-state index contributed by atoms with van der Waals surface area (Å²) in [6, 6.07) is 11.4. The van der Waals surface area contributed by atoms with E-state index >= 15 is 0 Å². The van der Waals surface area contributed by atoms with E-state index in [-0.39, 0.29) is 16.7 Å². The SMILES string of the molecule is O=C(CSc1nc2ccccc2o1)Nc1ccc(F)c(Cl)c1. The van der Waals surface area contributed by atoms with Crippen molar-refractivity contribution in [3.8, 4) is 0 Å². The molecule has 1 N–H and O–H groups in total. The molecule has 0 saturated heterocycles. The number of carbonyl (C=O) groups is 1. The van der Waals surface area contributed by atoms with Gasteiger partial charge in [0.05, 0.1) is 10.8 Å². The molecule has 1 heterocycles. The molecular weight excluding hydrogens is 327 g/mol. The van der Waals surface area contributed by atoms with Gasteiger partial charge in [-0.15, -0.1) is 0 Å². The van der Waals surface area contributed by atoms with E-state index in [0.717, 1.165) is 5.52 Å². The van der Waals surface area contributed by atoms with E-state index in [2.05, 4.69) is 10.3 Å². The van der Waals surface area contributed by atoms with E-state index in [1.807, 2.05) is 24.3 Å². The van der Waals surface area contributed by atoms with Crippen molar-refractivity contribution in [3.05, 3.63) is 53.3 Å². The van der Waals surface area contributed by atoms with Crippen LogP contribution in [0.1, 0.15) is 0 Å². The third-order valence-corrected chi connectivity index (χ3v) is 3.92. The summed E-state index contributed by atoms with van der Waals surface area (Å²) in [4.78, 5) is 16.1. The summed E-state index contributed by atoms with van der Waals surface area (Å²) in [7, 11) is 0. The van der Waals surface area contributed by atoms with Crippen molar-refractivity contribution in [1.29, 1.82) is 0 Å². The number of carbonyl (C=O) groups excluding carboxylic acids is 1. The minimum absolute atomic E-state index is 0.0376. The normalized spacial score (nSPS) is 10.8. The van der Waals surface area contributed by atoms with Crippen LogP contribution in [0.4, 0.5) is 10.1 Å². The third kappa shape index (κ3) is 3.40. The highest BCUT2D eigenvalue weighted by Crippen LogP contribution is 2.24. The zero-order valence-corrected chi connectivity index (χ0v) is 12.7. The minimum Gasteiger partial charge on any atom is -0.431 e. The second kappa shape index (κ2) is 6.37. The molecule has 7 heteroatoms. The monoisotopic (exact) mass is 336 g/mol. The lowest BCUT2D eigenvalue weighted by Crippen LogP contribution is -2.14. The van der Waals surface area contributed by atoms with Crippen LogP contribution in [0.2, 0.25) is 5.02 Å². The van der Waals surface area contributed by atoms with Crippen molar-refractivity contribution in [1.82, 2.24) is 4.98 Å². The van der Waals surface area contributed by atoms with Crippen LogP contribution in [0, 0.1) is 5.82 Å². The van der Waals surface area contributed by atoms with Crippen molar-refractivity contribution in [2.75, 3.05) is 11.1 Å². The highest BCUT2D eigenvalue weighted by Gasteiger charge is 2.10. The van der Waals surface area contributed by atoms with Gasteiger partial charge in [0.15, 0.2) is 5.58 Å². The van der Waals surface area contributed by atoms with Gasteiger partial charge < -0.3 is 9.73 Å².